The maximum atomic E-state index is 5.74. The number of hydrogen-bond acceptors (Lipinski definition) is 2. The number of hydrogen-bond donors (Lipinski definition) is 1. The Bertz CT molecular complexity index is 266. The summed E-state index contributed by atoms with van der Waals surface area (Å²) in [5, 5.41) is 0. The summed E-state index contributed by atoms with van der Waals surface area (Å²) in [6.07, 6.45) is 3.13. The van der Waals surface area contributed by atoms with Crippen molar-refractivity contribution in [2.75, 3.05) is 13.7 Å². The molecule has 1 rings (SSSR count). The monoisotopic (exact) mass is 207 g/mol. The minimum Gasteiger partial charge on any atom is -0.385 e. The summed E-state index contributed by atoms with van der Waals surface area (Å²) in [5.74, 6) is 0. The minimum absolute atomic E-state index is 0.240. The molecule has 0 amide bonds. The highest BCUT2D eigenvalue weighted by atomic mass is 16.5. The van der Waals surface area contributed by atoms with Gasteiger partial charge in [0.25, 0.3) is 0 Å². The molecule has 0 aliphatic heterocycles. The van der Waals surface area contributed by atoms with Crippen LogP contribution in [0.1, 0.15) is 24.5 Å². The van der Waals surface area contributed by atoms with E-state index in [9.17, 15) is 0 Å². The van der Waals surface area contributed by atoms with Gasteiger partial charge in [-0.15, -0.1) is 0 Å². The fourth-order valence-electron chi connectivity index (χ4n) is 1.63. The van der Waals surface area contributed by atoms with Crippen molar-refractivity contribution in [2.45, 2.75) is 32.2 Å². The molecule has 15 heavy (non-hydrogen) atoms. The standard InChI is InChI=1S/C13H21NO/c1-11(14)10-13-7-5-12(6-8-13)4-3-9-15-2/h5-8,11H,3-4,9-10,14H2,1-2H3. The van der Waals surface area contributed by atoms with Crippen molar-refractivity contribution in [1.82, 2.24) is 0 Å². The summed E-state index contributed by atoms with van der Waals surface area (Å²) in [6.45, 7) is 2.87. The summed E-state index contributed by atoms with van der Waals surface area (Å²) < 4.78 is 5.02. The lowest BCUT2D eigenvalue weighted by Crippen LogP contribution is -2.17. The molecule has 84 valence electrons. The zero-order valence-electron chi connectivity index (χ0n) is 9.70. The van der Waals surface area contributed by atoms with Gasteiger partial charge in [0.15, 0.2) is 0 Å². The van der Waals surface area contributed by atoms with Gasteiger partial charge in [-0.3, -0.25) is 0 Å². The average Bonchev–Trinajstić information content (AvgIpc) is 2.20. The summed E-state index contributed by atoms with van der Waals surface area (Å²) in [7, 11) is 1.74. The van der Waals surface area contributed by atoms with Gasteiger partial charge in [-0.2, -0.15) is 0 Å². The van der Waals surface area contributed by atoms with Crippen LogP contribution in [0.2, 0.25) is 0 Å². The molecule has 0 saturated carbocycles. The van der Waals surface area contributed by atoms with Gasteiger partial charge in [-0.25, -0.2) is 0 Å². The zero-order chi connectivity index (χ0) is 11.1. The molecule has 2 N–H and O–H groups in total. The molecule has 1 aromatic carbocycles. The van der Waals surface area contributed by atoms with Crippen LogP contribution in [-0.2, 0) is 17.6 Å². The second kappa shape index (κ2) is 6.59. The van der Waals surface area contributed by atoms with Gasteiger partial charge in [0, 0.05) is 19.8 Å². The molecule has 0 aliphatic carbocycles. The predicted molar refractivity (Wildman–Crippen MR) is 64.0 cm³/mol. The van der Waals surface area contributed by atoms with Gasteiger partial charge in [-0.1, -0.05) is 24.3 Å². The molecule has 2 heteroatoms. The normalized spacial score (nSPS) is 12.7. The van der Waals surface area contributed by atoms with Crippen molar-refractivity contribution in [2.24, 2.45) is 5.73 Å². The Morgan fingerprint density at radius 3 is 2.33 bits per heavy atom. The van der Waals surface area contributed by atoms with E-state index in [2.05, 4.69) is 24.3 Å². The van der Waals surface area contributed by atoms with Gasteiger partial charge < -0.3 is 10.5 Å². The Morgan fingerprint density at radius 2 is 1.80 bits per heavy atom. The van der Waals surface area contributed by atoms with Crippen molar-refractivity contribution in [3.63, 3.8) is 0 Å². The average molecular weight is 207 g/mol. The van der Waals surface area contributed by atoms with E-state index in [0.717, 1.165) is 25.9 Å². The molecule has 0 saturated heterocycles. The molecule has 1 unspecified atom stereocenters. The molecule has 0 spiro atoms. The lowest BCUT2D eigenvalue weighted by atomic mass is 10.0. The lowest BCUT2D eigenvalue weighted by Gasteiger charge is -2.06. The lowest BCUT2D eigenvalue weighted by molar-refractivity contribution is 0.195. The van der Waals surface area contributed by atoms with E-state index in [-0.39, 0.29) is 6.04 Å². The first-order valence-corrected chi connectivity index (χ1v) is 5.54. The number of rotatable bonds is 6. The molecule has 1 aromatic rings. The van der Waals surface area contributed by atoms with E-state index in [1.165, 1.54) is 11.1 Å². The number of ether oxygens (including phenoxy) is 1. The van der Waals surface area contributed by atoms with Crippen LogP contribution in [0.25, 0.3) is 0 Å². The molecule has 0 aliphatic rings. The predicted octanol–water partition coefficient (Wildman–Crippen LogP) is 2.16. The van der Waals surface area contributed by atoms with Crippen LogP contribution in [0, 0.1) is 0 Å². The molecule has 0 fully saturated rings. The fraction of sp³-hybridized carbons (Fsp3) is 0.538. The highest BCUT2D eigenvalue weighted by molar-refractivity contribution is 5.23. The molecule has 0 bridgehead atoms. The van der Waals surface area contributed by atoms with Gasteiger partial charge in [0.1, 0.15) is 0 Å². The Morgan fingerprint density at radius 1 is 1.20 bits per heavy atom. The molecule has 0 heterocycles. The van der Waals surface area contributed by atoms with Crippen molar-refractivity contribution in [3.05, 3.63) is 35.4 Å². The Labute approximate surface area is 92.4 Å². The van der Waals surface area contributed by atoms with Gasteiger partial charge in [-0.05, 0) is 37.3 Å². The summed E-state index contributed by atoms with van der Waals surface area (Å²) in [4.78, 5) is 0. The van der Waals surface area contributed by atoms with E-state index < -0.39 is 0 Å². The zero-order valence-corrected chi connectivity index (χ0v) is 9.70. The van der Waals surface area contributed by atoms with Crippen molar-refractivity contribution in [1.29, 1.82) is 0 Å². The molecule has 2 nitrogen and oxygen atoms in total. The van der Waals surface area contributed by atoms with Crippen molar-refractivity contribution in [3.8, 4) is 0 Å². The van der Waals surface area contributed by atoms with Gasteiger partial charge >= 0.3 is 0 Å². The van der Waals surface area contributed by atoms with Gasteiger partial charge in [0.05, 0.1) is 0 Å². The Hall–Kier alpha value is -0.860. The quantitative estimate of drug-likeness (QED) is 0.725. The second-order valence-electron chi connectivity index (χ2n) is 4.09. The third kappa shape index (κ3) is 4.96. The fourth-order valence-corrected chi connectivity index (χ4v) is 1.63. The van der Waals surface area contributed by atoms with Crippen LogP contribution >= 0.6 is 0 Å². The van der Waals surface area contributed by atoms with Crippen LogP contribution in [0.5, 0.6) is 0 Å². The highest BCUT2D eigenvalue weighted by Crippen LogP contribution is 2.08. The first-order valence-electron chi connectivity index (χ1n) is 5.54. The topological polar surface area (TPSA) is 35.2 Å². The third-order valence-corrected chi connectivity index (χ3v) is 2.39. The van der Waals surface area contributed by atoms with Crippen molar-refractivity contribution >= 4 is 0 Å². The maximum Gasteiger partial charge on any atom is 0.0465 e. The largest absolute Gasteiger partial charge is 0.385 e. The molecular weight excluding hydrogens is 186 g/mol. The molecule has 0 radical (unpaired) electrons. The van der Waals surface area contributed by atoms with E-state index in [4.69, 9.17) is 10.5 Å². The van der Waals surface area contributed by atoms with Crippen molar-refractivity contribution < 1.29 is 4.74 Å². The molecular formula is C13H21NO. The van der Waals surface area contributed by atoms with E-state index in [1.807, 2.05) is 6.92 Å². The van der Waals surface area contributed by atoms with Crippen LogP contribution in [0.3, 0.4) is 0 Å². The smallest absolute Gasteiger partial charge is 0.0465 e. The number of nitrogens with two attached hydrogens (primary N) is 1. The Balaban J connectivity index is 2.42. The number of benzene rings is 1. The highest BCUT2D eigenvalue weighted by Gasteiger charge is 1.98. The summed E-state index contributed by atoms with van der Waals surface area (Å²) in [5.41, 5.74) is 8.44. The first kappa shape index (κ1) is 12.2. The minimum atomic E-state index is 0.240. The van der Waals surface area contributed by atoms with Crippen LogP contribution in [-0.4, -0.2) is 19.8 Å². The van der Waals surface area contributed by atoms with Crippen LogP contribution < -0.4 is 5.73 Å². The van der Waals surface area contributed by atoms with E-state index >= 15 is 0 Å². The maximum absolute atomic E-state index is 5.74. The number of aryl methyl sites for hydroxylation is 1. The second-order valence-corrected chi connectivity index (χ2v) is 4.09. The van der Waals surface area contributed by atoms with Gasteiger partial charge in [0.2, 0.25) is 0 Å². The summed E-state index contributed by atoms with van der Waals surface area (Å²) >= 11 is 0. The third-order valence-electron chi connectivity index (χ3n) is 2.39. The first-order chi connectivity index (χ1) is 7.22. The summed E-state index contributed by atoms with van der Waals surface area (Å²) in [6, 6.07) is 8.96. The van der Waals surface area contributed by atoms with E-state index in [0.29, 0.717) is 0 Å². The Kier molecular flexibility index (Phi) is 5.37. The van der Waals surface area contributed by atoms with E-state index in [1.54, 1.807) is 7.11 Å². The molecule has 1 atom stereocenters. The SMILES string of the molecule is COCCCc1ccc(CC(C)N)cc1. The van der Waals surface area contributed by atoms with Crippen LogP contribution in [0.4, 0.5) is 0 Å². The molecule has 0 aromatic heterocycles. The number of methoxy groups -OCH3 is 1. The van der Waals surface area contributed by atoms with Crippen LogP contribution in [0.15, 0.2) is 24.3 Å².